The zero-order valence-electron chi connectivity index (χ0n) is 12.7. The molecule has 2 rings (SSSR count). The van der Waals surface area contributed by atoms with Crippen molar-refractivity contribution < 1.29 is 9.59 Å². The van der Waals surface area contributed by atoms with Gasteiger partial charge in [-0.2, -0.15) is 0 Å². The van der Waals surface area contributed by atoms with Gasteiger partial charge in [0.15, 0.2) is 0 Å². The standard InChI is InChI=1S/C14H23N5O2/c1-17(2)14(21)16-9-13(20)19-6-3-12(4-7-19)10-18-8-5-15-11-18/h5,8,11-12H,3-4,6-7,9-10H2,1-2H3,(H,16,21). The third-order valence-electron chi connectivity index (χ3n) is 3.79. The summed E-state index contributed by atoms with van der Waals surface area (Å²) in [5.74, 6) is 0.575. The Morgan fingerprint density at radius 2 is 2.05 bits per heavy atom. The molecule has 0 unspecified atom stereocenters. The highest BCUT2D eigenvalue weighted by Gasteiger charge is 2.23. The molecule has 7 heteroatoms. The molecule has 1 saturated heterocycles. The van der Waals surface area contributed by atoms with Crippen LogP contribution in [0.4, 0.5) is 4.79 Å². The zero-order valence-corrected chi connectivity index (χ0v) is 12.7. The number of hydrogen-bond donors (Lipinski definition) is 1. The van der Waals surface area contributed by atoms with Crippen LogP contribution in [-0.4, -0.2) is 65.0 Å². The molecule has 1 N–H and O–H groups in total. The average molecular weight is 293 g/mol. The first-order chi connectivity index (χ1) is 10.1. The molecule has 2 heterocycles. The van der Waals surface area contributed by atoms with Crippen LogP contribution in [0.25, 0.3) is 0 Å². The van der Waals surface area contributed by atoms with Crippen LogP contribution in [0.2, 0.25) is 0 Å². The summed E-state index contributed by atoms with van der Waals surface area (Å²) in [4.78, 5) is 30.7. The molecule has 0 spiro atoms. The predicted molar refractivity (Wildman–Crippen MR) is 78.6 cm³/mol. The number of piperidine rings is 1. The summed E-state index contributed by atoms with van der Waals surface area (Å²) < 4.78 is 2.08. The summed E-state index contributed by atoms with van der Waals surface area (Å²) in [6.45, 7) is 2.55. The Morgan fingerprint density at radius 3 is 2.62 bits per heavy atom. The van der Waals surface area contributed by atoms with Crippen molar-refractivity contribution in [1.82, 2.24) is 24.7 Å². The lowest BCUT2D eigenvalue weighted by Gasteiger charge is -2.32. The van der Waals surface area contributed by atoms with E-state index in [4.69, 9.17) is 0 Å². The highest BCUT2D eigenvalue weighted by molar-refractivity contribution is 5.83. The predicted octanol–water partition coefficient (Wildman–Crippen LogP) is 0.393. The van der Waals surface area contributed by atoms with Crippen molar-refractivity contribution in [2.45, 2.75) is 19.4 Å². The minimum Gasteiger partial charge on any atom is -0.341 e. The maximum absolute atomic E-state index is 12.0. The van der Waals surface area contributed by atoms with E-state index in [-0.39, 0.29) is 18.5 Å². The Labute approximate surface area is 124 Å². The van der Waals surface area contributed by atoms with E-state index in [0.29, 0.717) is 5.92 Å². The molecule has 3 amide bonds. The lowest BCUT2D eigenvalue weighted by molar-refractivity contribution is -0.131. The van der Waals surface area contributed by atoms with E-state index in [2.05, 4.69) is 14.9 Å². The number of rotatable bonds is 4. The summed E-state index contributed by atoms with van der Waals surface area (Å²) in [6, 6.07) is -0.238. The SMILES string of the molecule is CN(C)C(=O)NCC(=O)N1CCC(Cn2ccnc2)CC1. The molecule has 0 aromatic carbocycles. The van der Waals surface area contributed by atoms with E-state index in [1.807, 2.05) is 17.4 Å². The van der Waals surface area contributed by atoms with E-state index in [0.717, 1.165) is 32.5 Å². The number of imidazole rings is 1. The van der Waals surface area contributed by atoms with Gasteiger partial charge in [-0.1, -0.05) is 0 Å². The van der Waals surface area contributed by atoms with Gasteiger partial charge in [0.25, 0.3) is 0 Å². The van der Waals surface area contributed by atoms with Crippen LogP contribution in [0, 0.1) is 5.92 Å². The Morgan fingerprint density at radius 1 is 1.33 bits per heavy atom. The van der Waals surface area contributed by atoms with Crippen molar-refractivity contribution in [1.29, 1.82) is 0 Å². The van der Waals surface area contributed by atoms with E-state index >= 15 is 0 Å². The van der Waals surface area contributed by atoms with Crippen molar-refractivity contribution in [3.05, 3.63) is 18.7 Å². The van der Waals surface area contributed by atoms with Crippen LogP contribution in [0.1, 0.15) is 12.8 Å². The quantitative estimate of drug-likeness (QED) is 0.873. The lowest BCUT2D eigenvalue weighted by atomic mass is 9.96. The average Bonchev–Trinajstić information content (AvgIpc) is 2.98. The molecule has 1 aliphatic heterocycles. The Kier molecular flexibility index (Phi) is 5.19. The van der Waals surface area contributed by atoms with Crippen LogP contribution in [-0.2, 0) is 11.3 Å². The van der Waals surface area contributed by atoms with Crippen LogP contribution in [0.5, 0.6) is 0 Å². The Hall–Kier alpha value is -2.05. The minimum absolute atomic E-state index is 0.00807. The van der Waals surface area contributed by atoms with Crippen LogP contribution in [0.15, 0.2) is 18.7 Å². The number of likely N-dealkylation sites (tertiary alicyclic amines) is 1. The van der Waals surface area contributed by atoms with Crippen LogP contribution in [0.3, 0.4) is 0 Å². The fourth-order valence-electron chi connectivity index (χ4n) is 2.48. The smallest absolute Gasteiger partial charge is 0.317 e. The van der Waals surface area contributed by atoms with Crippen molar-refractivity contribution in [2.75, 3.05) is 33.7 Å². The minimum atomic E-state index is -0.238. The van der Waals surface area contributed by atoms with Crippen molar-refractivity contribution in [3.8, 4) is 0 Å². The van der Waals surface area contributed by atoms with E-state index in [9.17, 15) is 9.59 Å². The van der Waals surface area contributed by atoms with Crippen molar-refractivity contribution >= 4 is 11.9 Å². The molecule has 21 heavy (non-hydrogen) atoms. The molecule has 1 aliphatic rings. The van der Waals surface area contributed by atoms with Gasteiger partial charge >= 0.3 is 6.03 Å². The van der Waals surface area contributed by atoms with Gasteiger partial charge in [-0.3, -0.25) is 4.79 Å². The fourth-order valence-corrected chi connectivity index (χ4v) is 2.48. The number of carbonyl (C=O) groups excluding carboxylic acids is 2. The monoisotopic (exact) mass is 293 g/mol. The molecule has 0 saturated carbocycles. The molecule has 1 aromatic rings. The number of nitrogens with one attached hydrogen (secondary N) is 1. The summed E-state index contributed by atoms with van der Waals surface area (Å²) in [7, 11) is 3.31. The number of hydrogen-bond acceptors (Lipinski definition) is 3. The highest BCUT2D eigenvalue weighted by Crippen LogP contribution is 2.18. The van der Waals surface area contributed by atoms with E-state index < -0.39 is 0 Å². The molecule has 0 bridgehead atoms. The number of aromatic nitrogens is 2. The third kappa shape index (κ3) is 4.47. The lowest BCUT2D eigenvalue weighted by Crippen LogP contribution is -2.46. The number of nitrogens with zero attached hydrogens (tertiary/aromatic N) is 4. The first-order valence-corrected chi connectivity index (χ1v) is 7.25. The van der Waals surface area contributed by atoms with Crippen LogP contribution >= 0.6 is 0 Å². The number of urea groups is 1. The second kappa shape index (κ2) is 7.10. The molecule has 1 aromatic heterocycles. The molecule has 0 radical (unpaired) electrons. The Bertz CT molecular complexity index is 464. The van der Waals surface area contributed by atoms with Gasteiger partial charge in [0.1, 0.15) is 0 Å². The van der Waals surface area contributed by atoms with E-state index in [1.54, 1.807) is 20.3 Å². The normalized spacial score (nSPS) is 15.8. The van der Waals surface area contributed by atoms with Gasteiger partial charge < -0.3 is 19.7 Å². The maximum atomic E-state index is 12.0. The molecular formula is C14H23N5O2. The third-order valence-corrected chi connectivity index (χ3v) is 3.79. The summed E-state index contributed by atoms with van der Waals surface area (Å²) in [5, 5.41) is 2.61. The number of carbonyl (C=O) groups is 2. The fraction of sp³-hybridized carbons (Fsp3) is 0.643. The summed E-state index contributed by atoms with van der Waals surface area (Å²) in [6.07, 6.45) is 7.56. The second-order valence-corrected chi connectivity index (χ2v) is 5.64. The van der Waals surface area contributed by atoms with Crippen molar-refractivity contribution in [2.24, 2.45) is 5.92 Å². The highest BCUT2D eigenvalue weighted by atomic mass is 16.2. The van der Waals surface area contributed by atoms with Gasteiger partial charge in [0.05, 0.1) is 12.9 Å². The Balaban J connectivity index is 1.70. The maximum Gasteiger partial charge on any atom is 0.317 e. The molecule has 0 aliphatic carbocycles. The molecule has 7 nitrogen and oxygen atoms in total. The molecular weight excluding hydrogens is 270 g/mol. The van der Waals surface area contributed by atoms with Gasteiger partial charge in [0.2, 0.25) is 5.91 Å². The molecule has 116 valence electrons. The summed E-state index contributed by atoms with van der Waals surface area (Å²) in [5.41, 5.74) is 0. The zero-order chi connectivity index (χ0) is 15.2. The van der Waals surface area contributed by atoms with Crippen LogP contribution < -0.4 is 5.32 Å². The summed E-state index contributed by atoms with van der Waals surface area (Å²) >= 11 is 0. The largest absolute Gasteiger partial charge is 0.341 e. The van der Waals surface area contributed by atoms with Gasteiger partial charge in [-0.15, -0.1) is 0 Å². The van der Waals surface area contributed by atoms with Gasteiger partial charge in [-0.25, -0.2) is 9.78 Å². The molecule has 0 atom stereocenters. The molecule has 1 fully saturated rings. The topological polar surface area (TPSA) is 70.5 Å². The second-order valence-electron chi connectivity index (χ2n) is 5.64. The first kappa shape index (κ1) is 15.3. The van der Waals surface area contributed by atoms with Crippen molar-refractivity contribution in [3.63, 3.8) is 0 Å². The number of amides is 3. The van der Waals surface area contributed by atoms with Gasteiger partial charge in [0, 0.05) is 46.1 Å². The van der Waals surface area contributed by atoms with Gasteiger partial charge in [-0.05, 0) is 18.8 Å². The van der Waals surface area contributed by atoms with E-state index in [1.165, 1.54) is 4.90 Å². The first-order valence-electron chi connectivity index (χ1n) is 7.25.